The SMILES string of the molecule is O=C(Nc1nc(C(F)F)ns1)c1cc(Cl)ccc1O. The van der Waals surface area contributed by atoms with Crippen LogP contribution in [0.1, 0.15) is 22.6 Å². The van der Waals surface area contributed by atoms with Crippen LogP contribution in [-0.2, 0) is 0 Å². The number of benzene rings is 1. The second kappa shape index (κ2) is 5.45. The van der Waals surface area contributed by atoms with Crippen LogP contribution in [-0.4, -0.2) is 20.4 Å². The molecule has 0 saturated carbocycles. The summed E-state index contributed by atoms with van der Waals surface area (Å²) in [5.41, 5.74) is -0.0821. The molecule has 0 atom stereocenters. The first-order chi connectivity index (χ1) is 8.97. The van der Waals surface area contributed by atoms with Crippen LogP contribution in [0.5, 0.6) is 5.75 Å². The smallest absolute Gasteiger partial charge is 0.298 e. The molecule has 2 N–H and O–H groups in total. The molecular formula is C10H6ClF2N3O2S. The number of rotatable bonds is 3. The van der Waals surface area contributed by atoms with E-state index in [1.807, 2.05) is 0 Å². The van der Waals surface area contributed by atoms with E-state index in [0.29, 0.717) is 11.5 Å². The Kier molecular flexibility index (Phi) is 3.91. The van der Waals surface area contributed by atoms with Crippen LogP contribution in [0.15, 0.2) is 18.2 Å². The first-order valence-electron chi connectivity index (χ1n) is 4.89. The number of nitrogens with zero attached hydrogens (tertiary/aromatic N) is 2. The van der Waals surface area contributed by atoms with Crippen LogP contribution in [0, 0.1) is 0 Å². The van der Waals surface area contributed by atoms with Crippen LogP contribution in [0.3, 0.4) is 0 Å². The molecule has 2 aromatic rings. The van der Waals surface area contributed by atoms with Gasteiger partial charge in [0.2, 0.25) is 11.0 Å². The zero-order chi connectivity index (χ0) is 14.0. The highest BCUT2D eigenvalue weighted by Crippen LogP contribution is 2.24. The normalized spacial score (nSPS) is 10.7. The number of carbonyl (C=O) groups excluding carboxylic acids is 1. The first kappa shape index (κ1) is 13.6. The number of halogens is 3. The third-order valence-corrected chi connectivity index (χ3v) is 2.94. The van der Waals surface area contributed by atoms with Gasteiger partial charge in [-0.3, -0.25) is 10.1 Å². The Bertz CT molecular complexity index is 621. The number of amides is 1. The second-order valence-corrected chi connectivity index (χ2v) is 4.56. The number of aromatic nitrogens is 2. The van der Waals surface area contributed by atoms with Crippen molar-refractivity contribution in [3.63, 3.8) is 0 Å². The van der Waals surface area contributed by atoms with Crippen LogP contribution in [0.25, 0.3) is 0 Å². The minimum atomic E-state index is -2.80. The Balaban J connectivity index is 2.18. The summed E-state index contributed by atoms with van der Waals surface area (Å²) in [6, 6.07) is 3.91. The van der Waals surface area contributed by atoms with Crippen LogP contribution < -0.4 is 5.32 Å². The Morgan fingerprint density at radius 2 is 2.21 bits per heavy atom. The molecule has 1 aromatic carbocycles. The van der Waals surface area contributed by atoms with Crippen molar-refractivity contribution in [1.29, 1.82) is 0 Å². The van der Waals surface area contributed by atoms with Crippen molar-refractivity contribution < 1.29 is 18.7 Å². The van der Waals surface area contributed by atoms with Gasteiger partial charge in [-0.15, -0.1) is 0 Å². The molecule has 1 amide bonds. The molecule has 2 rings (SSSR count). The third-order valence-electron chi connectivity index (χ3n) is 2.06. The van der Waals surface area contributed by atoms with E-state index in [0.717, 1.165) is 0 Å². The molecule has 0 fully saturated rings. The van der Waals surface area contributed by atoms with Gasteiger partial charge in [0, 0.05) is 16.6 Å². The van der Waals surface area contributed by atoms with Gasteiger partial charge in [0.1, 0.15) is 5.75 Å². The molecule has 0 saturated heterocycles. The molecule has 0 spiro atoms. The van der Waals surface area contributed by atoms with Gasteiger partial charge in [0.15, 0.2) is 0 Å². The van der Waals surface area contributed by atoms with Gasteiger partial charge in [-0.25, -0.2) is 8.78 Å². The van der Waals surface area contributed by atoms with Gasteiger partial charge in [-0.05, 0) is 18.2 Å². The largest absolute Gasteiger partial charge is 0.507 e. The lowest BCUT2D eigenvalue weighted by atomic mass is 10.2. The van der Waals surface area contributed by atoms with E-state index in [9.17, 15) is 18.7 Å². The summed E-state index contributed by atoms with van der Waals surface area (Å²) in [7, 11) is 0. The molecule has 1 heterocycles. The number of alkyl halides is 2. The summed E-state index contributed by atoms with van der Waals surface area (Å²) >= 11 is 6.32. The van der Waals surface area contributed by atoms with E-state index in [1.165, 1.54) is 18.2 Å². The maximum Gasteiger partial charge on any atom is 0.298 e. The highest BCUT2D eigenvalue weighted by atomic mass is 35.5. The molecule has 0 unspecified atom stereocenters. The fraction of sp³-hybridized carbons (Fsp3) is 0.100. The van der Waals surface area contributed by atoms with Gasteiger partial charge in [-0.2, -0.15) is 9.36 Å². The number of hydrogen-bond donors (Lipinski definition) is 2. The van der Waals surface area contributed by atoms with E-state index in [4.69, 9.17) is 11.6 Å². The van der Waals surface area contributed by atoms with Gasteiger partial charge in [-0.1, -0.05) is 11.6 Å². The Morgan fingerprint density at radius 3 is 2.84 bits per heavy atom. The zero-order valence-electron chi connectivity index (χ0n) is 9.10. The average Bonchev–Trinajstić information content (AvgIpc) is 2.80. The van der Waals surface area contributed by atoms with Crippen LogP contribution in [0.4, 0.5) is 13.9 Å². The van der Waals surface area contributed by atoms with Gasteiger partial charge in [0.05, 0.1) is 5.56 Å². The van der Waals surface area contributed by atoms with Gasteiger partial charge < -0.3 is 5.11 Å². The van der Waals surface area contributed by atoms with Crippen molar-refractivity contribution in [2.75, 3.05) is 5.32 Å². The molecule has 19 heavy (non-hydrogen) atoms. The molecule has 9 heteroatoms. The van der Waals surface area contributed by atoms with E-state index in [-0.39, 0.29) is 21.5 Å². The number of phenolic OH excluding ortho intramolecular Hbond substituents is 1. The number of carbonyl (C=O) groups is 1. The fourth-order valence-electron chi connectivity index (χ4n) is 1.23. The molecule has 0 aliphatic rings. The summed E-state index contributed by atoms with van der Waals surface area (Å²) in [5, 5.41) is 11.9. The topological polar surface area (TPSA) is 75.1 Å². The summed E-state index contributed by atoms with van der Waals surface area (Å²) < 4.78 is 27.9. The minimum Gasteiger partial charge on any atom is -0.507 e. The second-order valence-electron chi connectivity index (χ2n) is 3.37. The number of nitrogens with one attached hydrogen (secondary N) is 1. The summed E-state index contributed by atoms with van der Waals surface area (Å²) in [6.07, 6.45) is -2.80. The molecule has 1 aromatic heterocycles. The lowest BCUT2D eigenvalue weighted by Crippen LogP contribution is -2.12. The molecule has 0 bridgehead atoms. The molecule has 0 radical (unpaired) electrons. The molecule has 0 aliphatic heterocycles. The van der Waals surface area contributed by atoms with E-state index < -0.39 is 18.2 Å². The number of anilines is 1. The standard InChI is InChI=1S/C10H6ClF2N3O2S/c11-4-1-2-6(17)5(3-4)9(18)15-10-14-8(7(12)13)16-19-10/h1-3,7,17H,(H,14,15,16,18). The number of phenols is 1. The summed E-state index contributed by atoms with van der Waals surface area (Å²) in [5.74, 6) is -1.65. The highest BCUT2D eigenvalue weighted by molar-refractivity contribution is 7.09. The summed E-state index contributed by atoms with van der Waals surface area (Å²) in [4.78, 5) is 15.2. The van der Waals surface area contributed by atoms with Crippen molar-refractivity contribution in [2.45, 2.75) is 6.43 Å². The fourth-order valence-corrected chi connectivity index (χ4v) is 1.97. The number of aromatic hydroxyl groups is 1. The zero-order valence-corrected chi connectivity index (χ0v) is 10.7. The molecule has 5 nitrogen and oxygen atoms in total. The van der Waals surface area contributed by atoms with Crippen LogP contribution >= 0.6 is 23.1 Å². The quantitative estimate of drug-likeness (QED) is 0.913. The highest BCUT2D eigenvalue weighted by Gasteiger charge is 2.17. The Morgan fingerprint density at radius 1 is 1.47 bits per heavy atom. The van der Waals surface area contributed by atoms with Crippen molar-refractivity contribution in [3.8, 4) is 5.75 Å². The predicted molar refractivity (Wildman–Crippen MR) is 65.9 cm³/mol. The lowest BCUT2D eigenvalue weighted by molar-refractivity contribution is 0.102. The minimum absolute atomic E-state index is 0.0821. The van der Waals surface area contributed by atoms with Crippen molar-refractivity contribution in [2.24, 2.45) is 0 Å². The maximum atomic E-state index is 12.3. The van der Waals surface area contributed by atoms with Crippen molar-refractivity contribution >= 4 is 34.2 Å². The van der Waals surface area contributed by atoms with E-state index in [2.05, 4.69) is 14.7 Å². The van der Waals surface area contributed by atoms with Gasteiger partial charge >= 0.3 is 0 Å². The lowest BCUT2D eigenvalue weighted by Gasteiger charge is -2.04. The summed E-state index contributed by atoms with van der Waals surface area (Å²) in [6.45, 7) is 0. The van der Waals surface area contributed by atoms with E-state index >= 15 is 0 Å². The number of hydrogen-bond acceptors (Lipinski definition) is 5. The average molecular weight is 306 g/mol. The van der Waals surface area contributed by atoms with Crippen molar-refractivity contribution in [3.05, 3.63) is 34.6 Å². The Labute approximate surface area is 115 Å². The molecular weight excluding hydrogens is 300 g/mol. The van der Waals surface area contributed by atoms with Crippen molar-refractivity contribution in [1.82, 2.24) is 9.36 Å². The maximum absolute atomic E-state index is 12.3. The monoisotopic (exact) mass is 305 g/mol. The first-order valence-corrected chi connectivity index (χ1v) is 6.04. The Hall–Kier alpha value is -1.80. The van der Waals surface area contributed by atoms with Gasteiger partial charge in [0.25, 0.3) is 12.3 Å². The molecule has 100 valence electrons. The van der Waals surface area contributed by atoms with Crippen LogP contribution in [0.2, 0.25) is 5.02 Å². The third kappa shape index (κ3) is 3.15. The van der Waals surface area contributed by atoms with E-state index in [1.54, 1.807) is 0 Å². The molecule has 0 aliphatic carbocycles. The predicted octanol–water partition coefficient (Wildman–Crippen LogP) is 3.09.